The monoisotopic (exact) mass is 470 g/mol. The first-order valence-corrected chi connectivity index (χ1v) is 11.9. The number of carbonyl (C=O) groups is 3. The largest absolute Gasteiger partial charge is 0.368 e. The second kappa shape index (κ2) is 10.0. The summed E-state index contributed by atoms with van der Waals surface area (Å²) in [6.07, 6.45) is 5.91. The lowest BCUT2D eigenvalue weighted by molar-refractivity contribution is -0.126. The van der Waals surface area contributed by atoms with E-state index in [2.05, 4.69) is 5.10 Å². The first-order valence-electron chi connectivity index (χ1n) is 11.0. The van der Waals surface area contributed by atoms with E-state index in [1.807, 2.05) is 11.0 Å². The summed E-state index contributed by atoms with van der Waals surface area (Å²) < 4.78 is 16.2. The third-order valence-electron chi connectivity index (χ3n) is 5.91. The quantitative estimate of drug-likeness (QED) is 0.637. The number of piperidine rings is 1. The van der Waals surface area contributed by atoms with Crippen LogP contribution < -0.4 is 5.73 Å². The zero-order valence-electron chi connectivity index (χ0n) is 18.4. The van der Waals surface area contributed by atoms with Gasteiger partial charge in [-0.2, -0.15) is 5.10 Å². The number of amides is 1. The minimum Gasteiger partial charge on any atom is -0.368 e. The summed E-state index contributed by atoms with van der Waals surface area (Å²) in [5.41, 5.74) is 7.22. The molecule has 1 amide bonds. The van der Waals surface area contributed by atoms with Crippen LogP contribution in [0.4, 0.5) is 4.39 Å². The number of nitrogens with zero attached hydrogens (tertiary/aromatic N) is 3. The van der Waals surface area contributed by atoms with Crippen molar-refractivity contribution in [1.82, 2.24) is 14.7 Å². The first kappa shape index (κ1) is 23.4. The predicted octanol–water partition coefficient (Wildman–Crippen LogP) is 2.97. The van der Waals surface area contributed by atoms with E-state index in [4.69, 9.17) is 5.73 Å². The lowest BCUT2D eigenvalue weighted by atomic mass is 9.93. The normalized spacial score (nSPS) is 21.2. The van der Waals surface area contributed by atoms with Crippen LogP contribution in [0.15, 0.2) is 42.1 Å². The molecule has 1 aliphatic heterocycles. The van der Waals surface area contributed by atoms with Crippen molar-refractivity contribution < 1.29 is 18.8 Å². The maximum absolute atomic E-state index is 14.7. The van der Waals surface area contributed by atoms with Crippen molar-refractivity contribution in [3.05, 3.63) is 59.2 Å². The lowest BCUT2D eigenvalue weighted by Crippen LogP contribution is -2.43. The van der Waals surface area contributed by atoms with E-state index < -0.39 is 11.9 Å². The number of benzene rings is 1. The number of primary amides is 1. The molecule has 1 saturated heterocycles. The maximum Gasteiger partial charge on any atom is 0.239 e. The second-order valence-electron chi connectivity index (χ2n) is 8.58. The standard InChI is InChI=1S/C24H27FN4O3S/c1-15(30)33-21-9-10-28(13-17(21)12-18-8-11-29(27-18)14-22(26)31)23(24(32)16-6-7-16)19-4-2-3-5-20(19)25/h2-5,8,11-12,16,21,23H,6-7,9-10,13-14H2,1H3,(H2,26,31). The summed E-state index contributed by atoms with van der Waals surface area (Å²) in [5.74, 6) is -0.830. The van der Waals surface area contributed by atoms with Gasteiger partial charge in [0.25, 0.3) is 0 Å². The van der Waals surface area contributed by atoms with Crippen LogP contribution in [0, 0.1) is 11.7 Å². The Bertz CT molecular complexity index is 1090. The molecule has 0 bridgehead atoms. The number of likely N-dealkylation sites (tertiary alicyclic amines) is 1. The topological polar surface area (TPSA) is 98.3 Å². The molecule has 7 nitrogen and oxygen atoms in total. The molecule has 33 heavy (non-hydrogen) atoms. The Hall–Kier alpha value is -2.78. The fraction of sp³-hybridized carbons (Fsp3) is 0.417. The third-order valence-corrected chi connectivity index (χ3v) is 7.07. The van der Waals surface area contributed by atoms with Gasteiger partial charge in [-0.15, -0.1) is 0 Å². The Kier molecular flexibility index (Phi) is 7.09. The molecule has 1 aliphatic carbocycles. The molecule has 2 N–H and O–H groups in total. The van der Waals surface area contributed by atoms with Gasteiger partial charge in [-0.25, -0.2) is 4.39 Å². The van der Waals surface area contributed by atoms with E-state index >= 15 is 0 Å². The molecule has 4 rings (SSSR count). The highest BCUT2D eigenvalue weighted by Gasteiger charge is 2.41. The summed E-state index contributed by atoms with van der Waals surface area (Å²) in [6, 6.07) is 7.58. The van der Waals surface area contributed by atoms with Crippen molar-refractivity contribution in [2.24, 2.45) is 11.7 Å². The van der Waals surface area contributed by atoms with Crippen molar-refractivity contribution in [3.8, 4) is 0 Å². The summed E-state index contributed by atoms with van der Waals surface area (Å²) in [5, 5.41) is 4.33. The smallest absolute Gasteiger partial charge is 0.239 e. The molecule has 1 aromatic carbocycles. The number of halogens is 1. The van der Waals surface area contributed by atoms with Crippen LogP contribution in [0.3, 0.4) is 0 Å². The highest BCUT2D eigenvalue weighted by atomic mass is 32.2. The number of carbonyl (C=O) groups excluding carboxylic acids is 3. The lowest BCUT2D eigenvalue weighted by Gasteiger charge is -2.38. The molecule has 2 aromatic rings. The highest BCUT2D eigenvalue weighted by molar-refractivity contribution is 8.14. The molecule has 2 heterocycles. The molecular formula is C24H27FN4O3S. The number of hydrogen-bond acceptors (Lipinski definition) is 6. The van der Waals surface area contributed by atoms with E-state index in [1.165, 1.54) is 29.4 Å². The van der Waals surface area contributed by atoms with Gasteiger partial charge in [0.15, 0.2) is 10.9 Å². The van der Waals surface area contributed by atoms with Crippen molar-refractivity contribution in [1.29, 1.82) is 0 Å². The van der Waals surface area contributed by atoms with E-state index in [-0.39, 0.29) is 34.4 Å². The van der Waals surface area contributed by atoms with Gasteiger partial charge in [-0.3, -0.25) is 24.0 Å². The summed E-state index contributed by atoms with van der Waals surface area (Å²) in [6.45, 7) is 2.52. The number of hydrogen-bond donors (Lipinski definition) is 1. The number of thioether (sulfide) groups is 1. The molecule has 1 saturated carbocycles. The molecule has 174 valence electrons. The van der Waals surface area contributed by atoms with Crippen LogP contribution >= 0.6 is 11.8 Å². The van der Waals surface area contributed by atoms with E-state index in [9.17, 15) is 18.8 Å². The van der Waals surface area contributed by atoms with Crippen molar-refractivity contribution in [2.45, 2.75) is 44.0 Å². The van der Waals surface area contributed by atoms with E-state index in [0.29, 0.717) is 30.8 Å². The molecule has 2 atom stereocenters. The summed E-state index contributed by atoms with van der Waals surface area (Å²) in [4.78, 5) is 38.3. The molecule has 2 aliphatic rings. The van der Waals surface area contributed by atoms with Gasteiger partial charge in [-0.05, 0) is 43.0 Å². The van der Waals surface area contributed by atoms with Crippen LogP contribution in [0.2, 0.25) is 0 Å². The fourth-order valence-electron chi connectivity index (χ4n) is 4.29. The zero-order valence-corrected chi connectivity index (χ0v) is 19.3. The molecule has 9 heteroatoms. The van der Waals surface area contributed by atoms with Crippen LogP contribution in [0.5, 0.6) is 0 Å². The fourth-order valence-corrected chi connectivity index (χ4v) is 5.21. The van der Waals surface area contributed by atoms with Crippen LogP contribution in [-0.4, -0.2) is 49.8 Å². The second-order valence-corrected chi connectivity index (χ2v) is 9.96. The SMILES string of the molecule is CC(=O)SC1CCN(C(C(=O)C2CC2)c2ccccc2F)CC1=Cc1ccn(CC(N)=O)n1. The predicted molar refractivity (Wildman–Crippen MR) is 125 cm³/mol. The Morgan fingerprint density at radius 1 is 1.24 bits per heavy atom. The Morgan fingerprint density at radius 2 is 2.00 bits per heavy atom. The van der Waals surface area contributed by atoms with Crippen molar-refractivity contribution >= 4 is 34.6 Å². The van der Waals surface area contributed by atoms with Gasteiger partial charge in [-0.1, -0.05) is 30.0 Å². The van der Waals surface area contributed by atoms with Gasteiger partial charge >= 0.3 is 0 Å². The maximum atomic E-state index is 14.7. The van der Waals surface area contributed by atoms with Gasteiger partial charge < -0.3 is 5.73 Å². The van der Waals surface area contributed by atoms with E-state index in [0.717, 1.165) is 18.4 Å². The van der Waals surface area contributed by atoms with Gasteiger partial charge in [0.2, 0.25) is 5.91 Å². The average molecular weight is 471 g/mol. The number of ketones is 1. The first-order chi connectivity index (χ1) is 15.8. The van der Waals surface area contributed by atoms with Crippen LogP contribution in [0.1, 0.15) is 43.5 Å². The number of Topliss-reactive ketones (excluding diaryl/α,β-unsaturated/α-hetero) is 1. The number of aromatic nitrogens is 2. The van der Waals surface area contributed by atoms with Crippen molar-refractivity contribution in [2.75, 3.05) is 13.1 Å². The molecule has 0 spiro atoms. The Labute approximate surface area is 196 Å². The van der Waals surface area contributed by atoms with Crippen LogP contribution in [-0.2, 0) is 20.9 Å². The number of rotatable bonds is 8. The Morgan fingerprint density at radius 3 is 2.67 bits per heavy atom. The molecule has 2 fully saturated rings. The Balaban J connectivity index is 1.64. The third kappa shape index (κ3) is 5.78. The van der Waals surface area contributed by atoms with Gasteiger partial charge in [0.1, 0.15) is 12.4 Å². The van der Waals surface area contributed by atoms with Crippen LogP contribution in [0.25, 0.3) is 6.08 Å². The van der Waals surface area contributed by atoms with E-state index in [1.54, 1.807) is 30.5 Å². The molecule has 0 radical (unpaired) electrons. The highest BCUT2D eigenvalue weighted by Crippen LogP contribution is 2.40. The average Bonchev–Trinajstić information content (AvgIpc) is 3.52. The van der Waals surface area contributed by atoms with Crippen molar-refractivity contribution in [3.63, 3.8) is 0 Å². The summed E-state index contributed by atoms with van der Waals surface area (Å²) in [7, 11) is 0. The molecule has 2 unspecified atom stereocenters. The zero-order chi connectivity index (χ0) is 23.5. The number of nitrogens with two attached hydrogens (primary N) is 1. The molecular weight excluding hydrogens is 443 g/mol. The minimum absolute atomic E-state index is 0.0123. The summed E-state index contributed by atoms with van der Waals surface area (Å²) >= 11 is 1.26. The molecule has 1 aromatic heterocycles. The minimum atomic E-state index is -0.655. The van der Waals surface area contributed by atoms with Gasteiger partial charge in [0.05, 0.1) is 11.7 Å². The van der Waals surface area contributed by atoms with Gasteiger partial charge in [0, 0.05) is 42.9 Å².